The van der Waals surface area contributed by atoms with Crippen LogP contribution in [0.1, 0.15) is 0 Å². The van der Waals surface area contributed by atoms with E-state index in [1.165, 1.54) is 0 Å². The number of methoxy groups -OCH3 is 4. The van der Waals surface area contributed by atoms with Crippen molar-refractivity contribution in [2.24, 2.45) is 0 Å². The Kier molecular flexibility index (Phi) is 9.48. The topological polar surface area (TPSA) is 46.8 Å². The molecule has 0 aliphatic heterocycles. The Morgan fingerprint density at radius 3 is 0.870 bits per heavy atom. The maximum atomic E-state index is 5.62. The Bertz CT molecular complexity index is 2300. The Balaban J connectivity index is 1.52. The van der Waals surface area contributed by atoms with Gasteiger partial charge in [-0.2, -0.15) is 0 Å². The first kappa shape index (κ1) is 34.2. The summed E-state index contributed by atoms with van der Waals surface area (Å²) in [5, 5.41) is 0. The van der Waals surface area contributed by atoms with Crippen molar-refractivity contribution in [3.63, 3.8) is 0 Å². The standard InChI is InChI=1S/C48H40N2O4/c1-51-39-23-15-33(16-24-39)45-31-43(47(35-19-27-41(53-3)28-20-35)49(45)37-11-7-5-8-12-37)44-32-46(34-17-25-40(52-2)26-18-34)50(38-13-9-6-10-14-38)48(44)36-21-29-42(54-4)30-22-36/h5-32H,1-4H3. The molecule has 6 heteroatoms. The second-order valence-electron chi connectivity index (χ2n) is 12.8. The number of para-hydroxylation sites is 2. The highest BCUT2D eigenvalue weighted by atomic mass is 16.5. The summed E-state index contributed by atoms with van der Waals surface area (Å²) in [5.74, 6) is 3.20. The van der Waals surface area contributed by atoms with Crippen LogP contribution in [-0.2, 0) is 0 Å². The smallest absolute Gasteiger partial charge is 0.118 e. The third-order valence-corrected chi connectivity index (χ3v) is 9.82. The van der Waals surface area contributed by atoms with Gasteiger partial charge in [0.2, 0.25) is 0 Å². The van der Waals surface area contributed by atoms with Gasteiger partial charge in [0.25, 0.3) is 0 Å². The van der Waals surface area contributed by atoms with Crippen LogP contribution in [0.4, 0.5) is 0 Å². The van der Waals surface area contributed by atoms with E-state index in [0.717, 1.165) is 90.5 Å². The fourth-order valence-corrected chi connectivity index (χ4v) is 7.14. The van der Waals surface area contributed by atoms with E-state index >= 15 is 0 Å². The first-order valence-corrected chi connectivity index (χ1v) is 17.8. The van der Waals surface area contributed by atoms with E-state index in [1.807, 2.05) is 48.5 Å². The summed E-state index contributed by atoms with van der Waals surface area (Å²) < 4.78 is 27.1. The van der Waals surface area contributed by atoms with E-state index in [-0.39, 0.29) is 0 Å². The molecule has 54 heavy (non-hydrogen) atoms. The molecular weight excluding hydrogens is 669 g/mol. The zero-order valence-electron chi connectivity index (χ0n) is 30.7. The molecule has 0 saturated heterocycles. The molecule has 266 valence electrons. The summed E-state index contributed by atoms with van der Waals surface area (Å²) in [6.45, 7) is 0. The van der Waals surface area contributed by atoms with Crippen molar-refractivity contribution in [2.45, 2.75) is 0 Å². The van der Waals surface area contributed by atoms with Gasteiger partial charge in [-0.3, -0.25) is 0 Å². The monoisotopic (exact) mass is 708 g/mol. The molecule has 6 aromatic carbocycles. The van der Waals surface area contributed by atoms with E-state index in [9.17, 15) is 0 Å². The number of nitrogens with zero attached hydrogens (tertiary/aromatic N) is 2. The average molecular weight is 709 g/mol. The molecule has 6 nitrogen and oxygen atoms in total. The van der Waals surface area contributed by atoms with Crippen LogP contribution in [0.5, 0.6) is 23.0 Å². The molecule has 0 aliphatic carbocycles. The van der Waals surface area contributed by atoms with E-state index in [2.05, 4.69) is 130 Å². The summed E-state index contributed by atoms with van der Waals surface area (Å²) >= 11 is 0. The van der Waals surface area contributed by atoms with E-state index in [0.29, 0.717) is 0 Å². The maximum absolute atomic E-state index is 5.62. The van der Waals surface area contributed by atoms with Crippen LogP contribution in [0.3, 0.4) is 0 Å². The normalized spacial score (nSPS) is 11.0. The third-order valence-electron chi connectivity index (χ3n) is 9.82. The Labute approximate surface area is 316 Å². The molecule has 8 aromatic rings. The van der Waals surface area contributed by atoms with Crippen LogP contribution < -0.4 is 18.9 Å². The average Bonchev–Trinajstić information content (AvgIpc) is 3.84. The summed E-state index contributed by atoms with van der Waals surface area (Å²) in [6.07, 6.45) is 0. The van der Waals surface area contributed by atoms with Crippen LogP contribution in [0.2, 0.25) is 0 Å². The fraction of sp³-hybridized carbons (Fsp3) is 0.0833. The highest BCUT2D eigenvalue weighted by molar-refractivity contribution is 5.97. The third kappa shape index (κ3) is 6.39. The number of aromatic nitrogens is 2. The molecule has 0 bridgehead atoms. The molecule has 0 spiro atoms. The highest BCUT2D eigenvalue weighted by Gasteiger charge is 2.27. The summed E-state index contributed by atoms with van der Waals surface area (Å²) in [4.78, 5) is 0. The first-order chi connectivity index (χ1) is 26.6. The number of hydrogen-bond donors (Lipinski definition) is 0. The van der Waals surface area contributed by atoms with Crippen LogP contribution in [0.15, 0.2) is 170 Å². The van der Waals surface area contributed by atoms with Gasteiger partial charge in [-0.05, 0) is 156 Å². The Morgan fingerprint density at radius 1 is 0.315 bits per heavy atom. The largest absolute Gasteiger partial charge is 0.497 e. The zero-order valence-corrected chi connectivity index (χ0v) is 30.7. The second-order valence-corrected chi connectivity index (χ2v) is 12.8. The molecule has 8 rings (SSSR count). The van der Waals surface area contributed by atoms with Gasteiger partial charge in [0.1, 0.15) is 23.0 Å². The lowest BCUT2D eigenvalue weighted by Crippen LogP contribution is -2.01. The Morgan fingerprint density at radius 2 is 0.593 bits per heavy atom. The molecule has 0 amide bonds. The summed E-state index contributed by atoms with van der Waals surface area (Å²) in [5.41, 5.74) is 12.7. The van der Waals surface area contributed by atoms with Crippen molar-refractivity contribution >= 4 is 0 Å². The molecular formula is C48H40N2O4. The fourth-order valence-electron chi connectivity index (χ4n) is 7.14. The van der Waals surface area contributed by atoms with E-state index < -0.39 is 0 Å². The maximum Gasteiger partial charge on any atom is 0.118 e. The lowest BCUT2D eigenvalue weighted by atomic mass is 9.97. The van der Waals surface area contributed by atoms with Crippen LogP contribution in [0, 0.1) is 0 Å². The van der Waals surface area contributed by atoms with Gasteiger partial charge in [-0.25, -0.2) is 0 Å². The van der Waals surface area contributed by atoms with Crippen LogP contribution >= 0.6 is 0 Å². The molecule has 2 aromatic heterocycles. The minimum atomic E-state index is 0.796. The quantitative estimate of drug-likeness (QED) is 0.134. The van der Waals surface area contributed by atoms with Gasteiger partial charge >= 0.3 is 0 Å². The SMILES string of the molecule is COc1ccc(-c2cc(-c3cc(-c4ccc(OC)cc4)n(-c4ccccc4)c3-c3ccc(OC)cc3)c(-c3ccc(OC)cc3)n2-c2ccccc2)cc1. The predicted molar refractivity (Wildman–Crippen MR) is 218 cm³/mol. The van der Waals surface area contributed by atoms with Crippen molar-refractivity contribution in [3.8, 4) is 90.5 Å². The minimum Gasteiger partial charge on any atom is -0.497 e. The lowest BCUT2D eigenvalue weighted by molar-refractivity contribution is 0.414. The molecule has 0 radical (unpaired) electrons. The van der Waals surface area contributed by atoms with Gasteiger partial charge < -0.3 is 28.1 Å². The molecule has 0 fully saturated rings. The molecule has 2 heterocycles. The van der Waals surface area contributed by atoms with Crippen molar-refractivity contribution < 1.29 is 18.9 Å². The van der Waals surface area contributed by atoms with Gasteiger partial charge in [0.15, 0.2) is 0 Å². The molecule has 0 aliphatic rings. The number of rotatable bonds is 11. The van der Waals surface area contributed by atoms with Crippen LogP contribution in [-0.4, -0.2) is 37.6 Å². The summed E-state index contributed by atoms with van der Waals surface area (Å²) in [6, 6.07) is 58.9. The van der Waals surface area contributed by atoms with E-state index in [4.69, 9.17) is 18.9 Å². The predicted octanol–water partition coefficient (Wildman–Crippen LogP) is 11.6. The number of benzene rings is 6. The molecule has 0 saturated carbocycles. The zero-order chi connectivity index (χ0) is 37.0. The second kappa shape index (κ2) is 15.0. The van der Waals surface area contributed by atoms with Crippen LogP contribution in [0.25, 0.3) is 67.5 Å². The van der Waals surface area contributed by atoms with Crippen molar-refractivity contribution in [1.82, 2.24) is 9.13 Å². The molecule has 0 atom stereocenters. The minimum absolute atomic E-state index is 0.796. The highest BCUT2D eigenvalue weighted by Crippen LogP contribution is 2.48. The Hall–Kier alpha value is -6.92. The molecule has 0 N–H and O–H groups in total. The lowest BCUT2D eigenvalue weighted by Gasteiger charge is -2.17. The van der Waals surface area contributed by atoms with Crippen molar-refractivity contribution in [3.05, 3.63) is 170 Å². The van der Waals surface area contributed by atoms with Gasteiger partial charge in [-0.15, -0.1) is 0 Å². The van der Waals surface area contributed by atoms with Crippen molar-refractivity contribution in [1.29, 1.82) is 0 Å². The van der Waals surface area contributed by atoms with Gasteiger partial charge in [0, 0.05) is 22.5 Å². The van der Waals surface area contributed by atoms with Gasteiger partial charge in [-0.1, -0.05) is 36.4 Å². The van der Waals surface area contributed by atoms with E-state index in [1.54, 1.807) is 28.4 Å². The molecule has 0 unspecified atom stereocenters. The first-order valence-electron chi connectivity index (χ1n) is 17.8. The van der Waals surface area contributed by atoms with Crippen molar-refractivity contribution in [2.75, 3.05) is 28.4 Å². The summed E-state index contributed by atoms with van der Waals surface area (Å²) in [7, 11) is 6.78. The number of ether oxygens (including phenoxy) is 4. The van der Waals surface area contributed by atoms with Gasteiger partial charge in [0.05, 0.1) is 51.2 Å². The number of hydrogen-bond acceptors (Lipinski definition) is 4.